The third-order valence-electron chi connectivity index (χ3n) is 12.4. The zero-order valence-corrected chi connectivity index (χ0v) is 34.1. The number of allylic oxidation sites excluding steroid dienone is 8. The number of benzene rings is 8. The van der Waals surface area contributed by atoms with Gasteiger partial charge >= 0.3 is 0 Å². The number of fused-ring (bicyclic) bond motifs is 7. The van der Waals surface area contributed by atoms with Gasteiger partial charge in [0.1, 0.15) is 11.2 Å². The van der Waals surface area contributed by atoms with Crippen molar-refractivity contribution in [2.75, 3.05) is 4.90 Å². The van der Waals surface area contributed by atoms with Crippen LogP contribution in [-0.4, -0.2) is 0 Å². The highest BCUT2D eigenvalue weighted by atomic mass is 32.1. The Labute approximate surface area is 359 Å². The summed E-state index contributed by atoms with van der Waals surface area (Å²) in [6, 6.07) is 66.1. The van der Waals surface area contributed by atoms with Gasteiger partial charge in [0.25, 0.3) is 0 Å². The predicted octanol–water partition coefficient (Wildman–Crippen LogP) is 16.9. The van der Waals surface area contributed by atoms with E-state index >= 15 is 0 Å². The maximum absolute atomic E-state index is 6.56. The Morgan fingerprint density at radius 1 is 0.492 bits per heavy atom. The van der Waals surface area contributed by atoms with Crippen molar-refractivity contribution in [2.24, 2.45) is 5.92 Å². The normalized spacial score (nSPS) is 14.7. The van der Waals surface area contributed by atoms with Crippen LogP contribution in [-0.2, 0) is 0 Å². The van der Waals surface area contributed by atoms with Gasteiger partial charge in [0.2, 0.25) is 0 Å². The van der Waals surface area contributed by atoms with Gasteiger partial charge in [-0.25, -0.2) is 0 Å². The minimum Gasteiger partial charge on any atom is -0.456 e. The number of anilines is 3. The SMILES string of the molecule is C1=CC2=C(c3cccc(-c4ccc(N(c5ccc6oc7cc(-c8ccccc8)ccc7c6c5)c5ccc(-c6ccccc6)c6sc7ccccc7c56)cc4)c3)C=CCC2C=C1. The van der Waals surface area contributed by atoms with Crippen LogP contribution in [0.15, 0.2) is 228 Å². The zero-order chi connectivity index (χ0) is 40.3. The summed E-state index contributed by atoms with van der Waals surface area (Å²) in [7, 11) is 0. The first-order chi connectivity index (χ1) is 30.2. The molecule has 3 heteroatoms. The molecule has 61 heavy (non-hydrogen) atoms. The maximum atomic E-state index is 6.56. The summed E-state index contributed by atoms with van der Waals surface area (Å²) >= 11 is 1.87. The Bertz CT molecular complexity index is 3440. The first-order valence-corrected chi connectivity index (χ1v) is 21.8. The van der Waals surface area contributed by atoms with Gasteiger partial charge in [-0.3, -0.25) is 0 Å². The van der Waals surface area contributed by atoms with E-state index in [1.54, 1.807) is 0 Å². The molecule has 2 aliphatic carbocycles. The van der Waals surface area contributed by atoms with Gasteiger partial charge < -0.3 is 9.32 Å². The van der Waals surface area contributed by atoms with E-state index in [2.05, 4.69) is 223 Å². The van der Waals surface area contributed by atoms with Gasteiger partial charge in [0, 0.05) is 48.2 Å². The van der Waals surface area contributed by atoms with E-state index in [0.717, 1.165) is 51.0 Å². The number of hydrogen-bond acceptors (Lipinski definition) is 3. The lowest BCUT2D eigenvalue weighted by Crippen LogP contribution is -2.10. The smallest absolute Gasteiger partial charge is 0.136 e. The van der Waals surface area contributed by atoms with Crippen LogP contribution in [0.2, 0.25) is 0 Å². The summed E-state index contributed by atoms with van der Waals surface area (Å²) < 4.78 is 9.11. The molecule has 2 heterocycles. The minimum absolute atomic E-state index is 0.443. The molecule has 0 radical (unpaired) electrons. The molecule has 0 aliphatic heterocycles. The van der Waals surface area contributed by atoms with Crippen LogP contribution in [0.4, 0.5) is 17.1 Å². The van der Waals surface area contributed by atoms with Crippen molar-refractivity contribution >= 4 is 76.1 Å². The van der Waals surface area contributed by atoms with E-state index in [0.29, 0.717) is 5.92 Å². The number of rotatable bonds is 7. The minimum atomic E-state index is 0.443. The molecule has 1 atom stereocenters. The quantitative estimate of drug-likeness (QED) is 0.160. The van der Waals surface area contributed by atoms with Crippen LogP contribution in [0.25, 0.3) is 81.1 Å². The van der Waals surface area contributed by atoms with Crippen molar-refractivity contribution in [3.05, 3.63) is 230 Å². The molecule has 2 nitrogen and oxygen atoms in total. The third-order valence-corrected chi connectivity index (χ3v) is 13.6. The second-order valence-electron chi connectivity index (χ2n) is 16.0. The average molecular weight is 798 g/mol. The number of hydrogen-bond donors (Lipinski definition) is 0. The topological polar surface area (TPSA) is 16.4 Å². The van der Waals surface area contributed by atoms with Crippen LogP contribution in [0, 0.1) is 5.92 Å². The van der Waals surface area contributed by atoms with Gasteiger partial charge in [0.15, 0.2) is 0 Å². The monoisotopic (exact) mass is 797 g/mol. The molecular formula is C58H39NOS. The Balaban J connectivity index is 1.02. The van der Waals surface area contributed by atoms with E-state index in [9.17, 15) is 0 Å². The summed E-state index contributed by atoms with van der Waals surface area (Å²) in [5.41, 5.74) is 16.2. The Kier molecular flexibility index (Phi) is 8.53. The van der Waals surface area contributed by atoms with E-state index in [1.807, 2.05) is 11.3 Å². The molecule has 0 saturated carbocycles. The first-order valence-electron chi connectivity index (χ1n) is 21.0. The standard InChI is InChI=1S/C58H39NOS/c1-3-13-38(14-4-1)43-27-31-50-52-37-46(30-34-54(52)60-55(50)36-43)59(53-33-32-49(41-15-5-2-6-16-41)58-57(53)51-22-9-10-24-56(51)61-58)45-28-25-39(26-29-45)42-19-11-20-44(35-42)48-23-12-18-40-17-7-8-21-47(40)48/h1-17,19-37,40H,18H2. The molecular weight excluding hydrogens is 759 g/mol. The van der Waals surface area contributed by atoms with Crippen LogP contribution < -0.4 is 4.90 Å². The van der Waals surface area contributed by atoms with Crippen molar-refractivity contribution in [1.29, 1.82) is 0 Å². The second kappa shape index (κ2) is 14.7. The molecule has 0 amide bonds. The highest BCUT2D eigenvalue weighted by Crippen LogP contribution is 2.49. The Hall–Kier alpha value is -7.46. The van der Waals surface area contributed by atoms with Gasteiger partial charge in [0.05, 0.1) is 5.69 Å². The molecule has 0 saturated heterocycles. The summed E-state index contributed by atoms with van der Waals surface area (Å²) in [5, 5.41) is 4.71. The van der Waals surface area contributed by atoms with Crippen molar-refractivity contribution in [3.63, 3.8) is 0 Å². The number of furan rings is 1. The molecule has 1 unspecified atom stereocenters. The molecule has 8 aromatic carbocycles. The summed E-state index contributed by atoms with van der Waals surface area (Å²) in [4.78, 5) is 2.44. The Morgan fingerprint density at radius 2 is 1.21 bits per heavy atom. The van der Waals surface area contributed by atoms with Crippen LogP contribution in [0.5, 0.6) is 0 Å². The van der Waals surface area contributed by atoms with E-state index < -0.39 is 0 Å². The van der Waals surface area contributed by atoms with Crippen LogP contribution in [0.3, 0.4) is 0 Å². The van der Waals surface area contributed by atoms with Gasteiger partial charge in [-0.1, -0.05) is 158 Å². The highest BCUT2D eigenvalue weighted by molar-refractivity contribution is 7.26. The zero-order valence-electron chi connectivity index (χ0n) is 33.3. The van der Waals surface area contributed by atoms with Crippen molar-refractivity contribution < 1.29 is 4.42 Å². The third kappa shape index (κ3) is 6.17. The fourth-order valence-corrected chi connectivity index (χ4v) is 10.7. The molecule has 0 spiro atoms. The largest absolute Gasteiger partial charge is 0.456 e. The second-order valence-corrected chi connectivity index (χ2v) is 17.0. The lowest BCUT2D eigenvalue weighted by Gasteiger charge is -2.27. The van der Waals surface area contributed by atoms with Crippen molar-refractivity contribution in [3.8, 4) is 33.4 Å². The van der Waals surface area contributed by atoms with E-state index in [1.165, 1.54) is 64.7 Å². The van der Waals surface area contributed by atoms with E-state index in [4.69, 9.17) is 4.42 Å². The fourth-order valence-electron chi connectivity index (χ4n) is 9.42. The van der Waals surface area contributed by atoms with Crippen molar-refractivity contribution in [2.45, 2.75) is 6.42 Å². The molecule has 0 N–H and O–H groups in total. The molecule has 2 aliphatic rings. The van der Waals surface area contributed by atoms with Gasteiger partial charge in [-0.2, -0.15) is 0 Å². The summed E-state index contributed by atoms with van der Waals surface area (Å²) in [6.07, 6.45) is 14.6. The van der Waals surface area contributed by atoms with Crippen LogP contribution in [0.1, 0.15) is 12.0 Å². The number of nitrogens with zero attached hydrogens (tertiary/aromatic N) is 1. The molecule has 2 aromatic heterocycles. The van der Waals surface area contributed by atoms with Crippen molar-refractivity contribution in [1.82, 2.24) is 0 Å². The van der Waals surface area contributed by atoms with Crippen LogP contribution >= 0.6 is 11.3 Å². The lowest BCUT2D eigenvalue weighted by molar-refractivity contribution is 0.669. The summed E-state index contributed by atoms with van der Waals surface area (Å²) in [5.74, 6) is 0.443. The number of thiophene rings is 1. The first kappa shape index (κ1) is 35.5. The predicted molar refractivity (Wildman–Crippen MR) is 260 cm³/mol. The molecule has 0 fully saturated rings. The van der Waals surface area contributed by atoms with Gasteiger partial charge in [-0.15, -0.1) is 11.3 Å². The average Bonchev–Trinajstić information content (AvgIpc) is 3.91. The van der Waals surface area contributed by atoms with Gasteiger partial charge in [-0.05, 0) is 117 Å². The molecule has 0 bridgehead atoms. The fraction of sp³-hybridized carbons (Fsp3) is 0.0345. The molecule has 288 valence electrons. The molecule has 12 rings (SSSR count). The Morgan fingerprint density at radius 3 is 2.08 bits per heavy atom. The summed E-state index contributed by atoms with van der Waals surface area (Å²) in [6.45, 7) is 0. The highest BCUT2D eigenvalue weighted by Gasteiger charge is 2.23. The lowest BCUT2D eigenvalue weighted by atomic mass is 9.81. The van der Waals surface area contributed by atoms with E-state index in [-0.39, 0.29) is 0 Å². The molecule has 10 aromatic rings. The maximum Gasteiger partial charge on any atom is 0.136 e.